The van der Waals surface area contributed by atoms with Crippen molar-refractivity contribution in [3.8, 4) is 5.75 Å². The van der Waals surface area contributed by atoms with E-state index in [1.54, 1.807) is 7.11 Å². The fourth-order valence-electron chi connectivity index (χ4n) is 2.13. The normalized spacial score (nSPS) is 18.6. The fraction of sp³-hybridized carbons (Fsp3) is 0.500. The van der Waals surface area contributed by atoms with Gasteiger partial charge in [0.05, 0.1) is 7.11 Å². The zero-order valence-electron chi connectivity index (χ0n) is 10.6. The Hall–Kier alpha value is -1.55. The van der Waals surface area contributed by atoms with Gasteiger partial charge in [-0.1, -0.05) is 18.2 Å². The van der Waals surface area contributed by atoms with E-state index in [0.29, 0.717) is 13.2 Å². The van der Waals surface area contributed by atoms with Gasteiger partial charge in [-0.25, -0.2) is 0 Å². The molecular formula is C14H19NO3. The average Bonchev–Trinajstić information content (AvgIpc) is 2.93. The van der Waals surface area contributed by atoms with Crippen LogP contribution in [-0.2, 0) is 16.0 Å². The van der Waals surface area contributed by atoms with Crippen LogP contribution in [0.2, 0.25) is 0 Å². The SMILES string of the molecule is COc1ccccc1CCNC(=O)[C@@H]1CCCO1. The molecule has 4 heteroatoms. The number of para-hydroxylation sites is 1. The Morgan fingerprint density at radius 2 is 2.33 bits per heavy atom. The molecule has 1 saturated heterocycles. The van der Waals surface area contributed by atoms with Crippen LogP contribution in [0, 0.1) is 0 Å². The van der Waals surface area contributed by atoms with E-state index in [2.05, 4.69) is 5.32 Å². The largest absolute Gasteiger partial charge is 0.496 e. The highest BCUT2D eigenvalue weighted by Gasteiger charge is 2.22. The molecule has 1 aliphatic rings. The van der Waals surface area contributed by atoms with Gasteiger partial charge in [0.15, 0.2) is 0 Å². The lowest BCUT2D eigenvalue weighted by atomic mass is 10.1. The molecule has 2 rings (SSSR count). The first-order chi connectivity index (χ1) is 8.81. The van der Waals surface area contributed by atoms with Crippen molar-refractivity contribution in [2.24, 2.45) is 0 Å². The summed E-state index contributed by atoms with van der Waals surface area (Å²) in [5.74, 6) is 0.867. The molecule has 0 aromatic heterocycles. The first-order valence-corrected chi connectivity index (χ1v) is 6.32. The van der Waals surface area contributed by atoms with Crippen LogP contribution < -0.4 is 10.1 Å². The summed E-state index contributed by atoms with van der Waals surface area (Å²) >= 11 is 0. The summed E-state index contributed by atoms with van der Waals surface area (Å²) in [6.45, 7) is 1.31. The zero-order valence-corrected chi connectivity index (χ0v) is 10.6. The number of hydrogen-bond donors (Lipinski definition) is 1. The lowest BCUT2D eigenvalue weighted by Gasteiger charge is -2.11. The summed E-state index contributed by atoms with van der Waals surface area (Å²) in [4.78, 5) is 11.7. The summed E-state index contributed by atoms with van der Waals surface area (Å²) in [7, 11) is 1.66. The molecule has 18 heavy (non-hydrogen) atoms. The minimum absolute atomic E-state index is 0.00222. The molecule has 0 unspecified atom stereocenters. The highest BCUT2D eigenvalue weighted by molar-refractivity contribution is 5.80. The first-order valence-electron chi connectivity index (χ1n) is 6.32. The molecule has 1 amide bonds. The van der Waals surface area contributed by atoms with Crippen molar-refractivity contribution >= 4 is 5.91 Å². The van der Waals surface area contributed by atoms with E-state index in [9.17, 15) is 4.79 Å². The number of methoxy groups -OCH3 is 1. The Balaban J connectivity index is 1.79. The van der Waals surface area contributed by atoms with E-state index in [4.69, 9.17) is 9.47 Å². The van der Waals surface area contributed by atoms with Crippen molar-refractivity contribution in [3.63, 3.8) is 0 Å². The number of hydrogen-bond acceptors (Lipinski definition) is 3. The maximum atomic E-state index is 11.7. The van der Waals surface area contributed by atoms with Gasteiger partial charge in [0.1, 0.15) is 11.9 Å². The van der Waals surface area contributed by atoms with Gasteiger partial charge < -0.3 is 14.8 Å². The molecule has 0 saturated carbocycles. The maximum absolute atomic E-state index is 11.7. The minimum atomic E-state index is -0.248. The molecule has 1 heterocycles. The van der Waals surface area contributed by atoms with Gasteiger partial charge in [0.2, 0.25) is 5.91 Å². The van der Waals surface area contributed by atoms with Crippen molar-refractivity contribution in [1.82, 2.24) is 5.32 Å². The minimum Gasteiger partial charge on any atom is -0.496 e. The fourth-order valence-corrected chi connectivity index (χ4v) is 2.13. The van der Waals surface area contributed by atoms with E-state index in [0.717, 1.165) is 30.6 Å². The van der Waals surface area contributed by atoms with Crippen molar-refractivity contribution in [2.75, 3.05) is 20.3 Å². The Morgan fingerprint density at radius 1 is 1.50 bits per heavy atom. The highest BCUT2D eigenvalue weighted by atomic mass is 16.5. The Bertz CT molecular complexity index is 400. The van der Waals surface area contributed by atoms with E-state index >= 15 is 0 Å². The van der Waals surface area contributed by atoms with Crippen molar-refractivity contribution in [1.29, 1.82) is 0 Å². The molecule has 0 aliphatic carbocycles. The second kappa shape index (κ2) is 6.40. The summed E-state index contributed by atoms with van der Waals surface area (Å²) in [5, 5.41) is 2.90. The Kier molecular flexibility index (Phi) is 4.59. The molecule has 98 valence electrons. The third-order valence-corrected chi connectivity index (χ3v) is 3.11. The summed E-state index contributed by atoms with van der Waals surface area (Å²) in [6, 6.07) is 7.85. The molecule has 1 atom stereocenters. The predicted molar refractivity (Wildman–Crippen MR) is 68.7 cm³/mol. The van der Waals surface area contributed by atoms with Crippen molar-refractivity contribution < 1.29 is 14.3 Å². The van der Waals surface area contributed by atoms with Gasteiger partial charge in [-0.05, 0) is 30.9 Å². The molecule has 1 aromatic carbocycles. The third kappa shape index (κ3) is 3.23. The van der Waals surface area contributed by atoms with Crippen LogP contribution in [0.25, 0.3) is 0 Å². The summed E-state index contributed by atoms with van der Waals surface area (Å²) in [5.41, 5.74) is 1.10. The lowest BCUT2D eigenvalue weighted by Crippen LogP contribution is -2.35. The first kappa shape index (κ1) is 12.9. The predicted octanol–water partition coefficient (Wildman–Crippen LogP) is 1.53. The van der Waals surface area contributed by atoms with Gasteiger partial charge >= 0.3 is 0 Å². The number of benzene rings is 1. The van der Waals surface area contributed by atoms with Crippen LogP contribution in [0.4, 0.5) is 0 Å². The van der Waals surface area contributed by atoms with E-state index < -0.39 is 0 Å². The average molecular weight is 249 g/mol. The molecule has 4 nitrogen and oxygen atoms in total. The molecule has 1 fully saturated rings. The molecule has 1 aromatic rings. The zero-order chi connectivity index (χ0) is 12.8. The van der Waals surface area contributed by atoms with Gasteiger partial charge in [0.25, 0.3) is 0 Å². The van der Waals surface area contributed by atoms with Crippen LogP contribution in [0.5, 0.6) is 5.75 Å². The van der Waals surface area contributed by atoms with Gasteiger partial charge in [-0.15, -0.1) is 0 Å². The highest BCUT2D eigenvalue weighted by Crippen LogP contribution is 2.17. The second-order valence-corrected chi connectivity index (χ2v) is 4.35. The number of carbonyl (C=O) groups excluding carboxylic acids is 1. The Morgan fingerprint density at radius 3 is 3.06 bits per heavy atom. The van der Waals surface area contributed by atoms with Crippen molar-refractivity contribution in [3.05, 3.63) is 29.8 Å². The van der Waals surface area contributed by atoms with Crippen LogP contribution >= 0.6 is 0 Å². The van der Waals surface area contributed by atoms with Gasteiger partial charge in [-0.3, -0.25) is 4.79 Å². The monoisotopic (exact) mass is 249 g/mol. The maximum Gasteiger partial charge on any atom is 0.249 e. The Labute approximate surface area is 107 Å². The van der Waals surface area contributed by atoms with E-state index in [-0.39, 0.29) is 12.0 Å². The molecule has 1 N–H and O–H groups in total. The van der Waals surface area contributed by atoms with Crippen LogP contribution in [-0.4, -0.2) is 32.3 Å². The lowest BCUT2D eigenvalue weighted by molar-refractivity contribution is -0.129. The topological polar surface area (TPSA) is 47.6 Å². The standard InChI is InChI=1S/C14H19NO3/c1-17-12-6-3-2-5-11(12)8-9-15-14(16)13-7-4-10-18-13/h2-3,5-6,13H,4,7-10H2,1H3,(H,15,16)/t13-/m0/s1. The van der Waals surface area contributed by atoms with E-state index in [1.165, 1.54) is 0 Å². The van der Waals surface area contributed by atoms with Gasteiger partial charge in [-0.2, -0.15) is 0 Å². The number of carbonyl (C=O) groups is 1. The third-order valence-electron chi connectivity index (χ3n) is 3.11. The number of amides is 1. The number of ether oxygens (including phenoxy) is 2. The molecule has 0 bridgehead atoms. The van der Waals surface area contributed by atoms with Crippen molar-refractivity contribution in [2.45, 2.75) is 25.4 Å². The van der Waals surface area contributed by atoms with Crippen LogP contribution in [0.15, 0.2) is 24.3 Å². The molecular weight excluding hydrogens is 230 g/mol. The number of rotatable bonds is 5. The summed E-state index contributed by atoms with van der Waals surface area (Å²) in [6.07, 6.45) is 2.33. The van der Waals surface area contributed by atoms with Gasteiger partial charge in [0, 0.05) is 13.2 Å². The van der Waals surface area contributed by atoms with E-state index in [1.807, 2.05) is 24.3 Å². The quantitative estimate of drug-likeness (QED) is 0.861. The van der Waals surface area contributed by atoms with Crippen LogP contribution in [0.3, 0.4) is 0 Å². The second-order valence-electron chi connectivity index (χ2n) is 4.35. The molecule has 0 spiro atoms. The number of nitrogens with one attached hydrogen (secondary N) is 1. The molecule has 1 aliphatic heterocycles. The summed E-state index contributed by atoms with van der Waals surface area (Å²) < 4.78 is 10.6. The molecule has 0 radical (unpaired) electrons. The smallest absolute Gasteiger partial charge is 0.249 e. The van der Waals surface area contributed by atoms with Crippen LogP contribution in [0.1, 0.15) is 18.4 Å².